The van der Waals surface area contributed by atoms with Crippen LogP contribution in [0, 0.1) is 11.8 Å². The van der Waals surface area contributed by atoms with Crippen molar-refractivity contribution in [1.29, 1.82) is 0 Å². The second kappa shape index (κ2) is 40.4. The van der Waals surface area contributed by atoms with Gasteiger partial charge in [-0.1, -0.05) is 134 Å². The maximum Gasteiger partial charge on any atom is 0.407 e. The number of likely N-dealkylation sites (tertiary alicyclic amines) is 3. The van der Waals surface area contributed by atoms with Crippen LogP contribution in [0.5, 0.6) is 0 Å². The summed E-state index contributed by atoms with van der Waals surface area (Å²) >= 11 is 0. The number of hydrogen-bond acceptors (Lipinski definition) is 22. The van der Waals surface area contributed by atoms with Gasteiger partial charge in [0.25, 0.3) is 23.7 Å². The zero-order valence-corrected chi connectivity index (χ0v) is 79.2. The Labute approximate surface area is 820 Å². The number of rotatable bonds is 20. The van der Waals surface area contributed by atoms with Gasteiger partial charge in [-0.25, -0.2) is 33.9 Å². The summed E-state index contributed by atoms with van der Waals surface area (Å²) in [6.45, 7) is 4.44. The van der Waals surface area contributed by atoms with Crippen LogP contribution in [0.1, 0.15) is 157 Å². The van der Waals surface area contributed by atoms with E-state index >= 15 is 17.6 Å². The molecule has 744 valence electrons. The van der Waals surface area contributed by atoms with Crippen molar-refractivity contribution in [3.8, 4) is 67.0 Å². The standard InChI is InChI=1S/C53H53F2N7O9.C45H41F2N5O5.C9H15NO5/c1-67-50(65)59-45(30-7-4-3-5-8-30)49(64)62-29-52(70-21-22-71-52)27-44(62)41-26-35-23-32(12-15-40(35)57-41)33-10-13-36-37-14-11-34(25-39(37)53(54,55)38(36)24-33)42-28-56-47(58-42)43-9-6-18-61(43)48(63)46(60-51(66)68-2)31-16-19-69-20-17-31;1-55-43(54)51-40(26-7-3-2-4-8-26)42(53)52-25-44(56-17-18-57-44)23-39(52)37-22-31-19-28(13-16-36(31)49-37)29-11-14-32-33-15-12-30(21-35(33)45(46,47)34(32)20-29)38-24-48-41(50-38)27-9-5-6-10-27;1-14-9(13)10-7(8(11)12)6-2-4-15-5-3-6/h3-5,7-8,10-15,23-25,28,31,43-46H,6,9,16-22,26-27,29H2,1-2H3,(H,56,58)(H,59,65)(H,60,66);2-4,7-8,11-16,19-21,24,27,39-40H,5-6,9-10,17-18,22-23,25H2,1H3,(H,48,50)(H,51,54);6-7H,2-5H2,1H3,(H,10,13)(H,11,12)/t43-,44-,45+,46?;39-,40+;7-/m000/s1. The number of halogens is 4. The minimum Gasteiger partial charge on any atom is -0.480 e. The van der Waals surface area contributed by atoms with Gasteiger partial charge in [0.2, 0.25) is 5.91 Å². The summed E-state index contributed by atoms with van der Waals surface area (Å²) < 4.78 is 120. The topological polar surface area (TPSA) is 389 Å². The highest BCUT2D eigenvalue weighted by Crippen LogP contribution is 2.56. The number of amides is 7. The maximum atomic E-state index is 16.8. The summed E-state index contributed by atoms with van der Waals surface area (Å²) in [5.74, 6) is -8.77. The predicted octanol–water partition coefficient (Wildman–Crippen LogP) is 16.6. The summed E-state index contributed by atoms with van der Waals surface area (Å²) in [5, 5.41) is 19.5. The van der Waals surface area contributed by atoms with Crippen LogP contribution < -0.4 is 21.3 Å². The van der Waals surface area contributed by atoms with Crippen molar-refractivity contribution in [2.24, 2.45) is 21.8 Å². The van der Waals surface area contributed by atoms with Crippen molar-refractivity contribution in [2.45, 2.75) is 162 Å². The van der Waals surface area contributed by atoms with Gasteiger partial charge >= 0.3 is 30.3 Å². The molecule has 143 heavy (non-hydrogen) atoms. The van der Waals surface area contributed by atoms with Crippen molar-refractivity contribution in [3.05, 3.63) is 238 Å². The normalized spacial score (nSPS) is 21.0. The van der Waals surface area contributed by atoms with Crippen LogP contribution in [-0.4, -0.2) is 236 Å². The van der Waals surface area contributed by atoms with Crippen molar-refractivity contribution < 1.29 is 108 Å². The van der Waals surface area contributed by atoms with E-state index in [1.54, 1.807) is 124 Å². The molecule has 22 rings (SSSR count). The Kier molecular flexibility index (Phi) is 27.2. The molecular formula is C107H109F4N13O19. The Morgan fingerprint density at radius 2 is 0.790 bits per heavy atom. The van der Waals surface area contributed by atoms with Gasteiger partial charge in [-0.3, -0.25) is 24.4 Å². The number of carboxylic acid groups (broad SMARTS) is 1. The number of aromatic amines is 2. The highest BCUT2D eigenvalue weighted by Gasteiger charge is 2.57. The third kappa shape index (κ3) is 19.2. The first kappa shape index (κ1) is 96.5. The predicted molar refractivity (Wildman–Crippen MR) is 515 cm³/mol. The number of alkyl carbamates (subject to hydrolysis) is 4. The molecule has 7 saturated heterocycles. The molecule has 11 heterocycles. The molecule has 9 aliphatic heterocycles. The third-order valence-corrected chi connectivity index (χ3v) is 29.6. The Bertz CT molecular complexity index is 6610. The number of carbonyl (C=O) groups excluding carboxylic acids is 7. The molecule has 7 amide bonds. The van der Waals surface area contributed by atoms with Gasteiger partial charge in [0.1, 0.15) is 35.8 Å². The van der Waals surface area contributed by atoms with Crippen LogP contribution in [0.2, 0.25) is 0 Å². The summed E-state index contributed by atoms with van der Waals surface area (Å²) in [5.41, 5.74) is 13.0. The van der Waals surface area contributed by atoms with Crippen molar-refractivity contribution in [1.82, 2.24) is 55.9 Å². The lowest BCUT2D eigenvalue weighted by molar-refractivity contribution is -0.153. The molecule has 7 atom stereocenters. The Morgan fingerprint density at radius 1 is 0.413 bits per heavy atom. The largest absolute Gasteiger partial charge is 0.480 e. The maximum absolute atomic E-state index is 16.8. The van der Waals surface area contributed by atoms with Crippen LogP contribution in [0.25, 0.3) is 67.0 Å². The van der Waals surface area contributed by atoms with Crippen LogP contribution in [0.15, 0.2) is 192 Å². The first-order chi connectivity index (χ1) is 69.3. The summed E-state index contributed by atoms with van der Waals surface area (Å²) in [6.07, 6.45) is 10.6. The van der Waals surface area contributed by atoms with E-state index in [1.165, 1.54) is 47.3 Å². The third-order valence-electron chi connectivity index (χ3n) is 29.6. The van der Waals surface area contributed by atoms with E-state index in [9.17, 15) is 38.4 Å². The van der Waals surface area contributed by atoms with Gasteiger partial charge in [-0.2, -0.15) is 17.6 Å². The average molecular weight is 1960 g/mol. The number of carboxylic acids is 1. The van der Waals surface area contributed by atoms with E-state index in [0.29, 0.717) is 196 Å². The van der Waals surface area contributed by atoms with E-state index in [2.05, 4.69) is 45.9 Å². The highest BCUT2D eigenvalue weighted by molar-refractivity contribution is 6.04. The molecule has 12 aliphatic rings. The molecule has 36 heteroatoms. The molecule has 32 nitrogen and oxygen atoms in total. The Morgan fingerprint density at radius 3 is 1.22 bits per heavy atom. The second-order valence-corrected chi connectivity index (χ2v) is 38.0. The van der Waals surface area contributed by atoms with Gasteiger partial charge in [0, 0.05) is 109 Å². The van der Waals surface area contributed by atoms with Gasteiger partial charge in [0.15, 0.2) is 11.6 Å². The van der Waals surface area contributed by atoms with Crippen molar-refractivity contribution in [3.63, 3.8) is 0 Å². The summed E-state index contributed by atoms with van der Waals surface area (Å²) in [7, 11) is 4.97. The molecular weight excluding hydrogens is 1850 g/mol. The summed E-state index contributed by atoms with van der Waals surface area (Å²) in [6, 6.07) is 45.2. The fourth-order valence-corrected chi connectivity index (χ4v) is 22.3. The van der Waals surface area contributed by atoms with E-state index < -0.39 is 96.1 Å². The smallest absolute Gasteiger partial charge is 0.407 e. The van der Waals surface area contributed by atoms with Crippen LogP contribution in [0.4, 0.5) is 48.1 Å². The molecule has 0 radical (unpaired) electrons. The number of benzene rings is 8. The van der Waals surface area contributed by atoms with Crippen LogP contribution in [0.3, 0.4) is 0 Å². The molecule has 3 aliphatic carbocycles. The first-order valence-corrected chi connectivity index (χ1v) is 48.5. The first-order valence-electron chi connectivity index (χ1n) is 48.5. The number of hydrogen-bond donors (Lipinski definition) is 7. The zero-order chi connectivity index (χ0) is 99.2. The van der Waals surface area contributed by atoms with E-state index in [1.807, 2.05) is 66.7 Å². The van der Waals surface area contributed by atoms with Gasteiger partial charge in [-0.15, -0.1) is 0 Å². The number of alkyl halides is 4. The number of aliphatic imine (C=N–C) groups is 2. The van der Waals surface area contributed by atoms with Gasteiger partial charge in [0.05, 0.1) is 121 Å². The fourth-order valence-electron chi connectivity index (χ4n) is 22.3. The number of methoxy groups -OCH3 is 4. The Balaban J connectivity index is 0.000000155. The number of carbonyl (C=O) groups is 8. The lowest BCUT2D eigenvalue weighted by atomic mass is 9.90. The van der Waals surface area contributed by atoms with Gasteiger partial charge in [-0.05, 0) is 178 Å². The summed E-state index contributed by atoms with van der Waals surface area (Å²) in [4.78, 5) is 133. The molecule has 8 fully saturated rings. The SMILES string of the molecule is COC(=O)NC(C(=O)N1CCC[C@H]1c1ncc(-c2ccc3c(c2)C(F)(F)c2cc(-c4ccc5c(c4)CC([C@@H]4CC6(CN4C(=O)[C@H](NC(=O)OC)c4ccccc4)OCCO6)=N5)ccc2-3)[nH]1)C1CCOCC1.COC(=O)N[C@@H](C(=O)N1CC2(C[C@H]1C1=Nc3ccc(-c4ccc5c(c4)C(F)(F)c4cc(-c6cnc(C7CCCC7)[nH]6)ccc4-5)cc3C1)OCCO2)c1ccccc1.COC(=O)N[C@H](C(=O)O)C1CCOCC1. The number of nitrogens with one attached hydrogen (secondary N) is 6. The molecule has 2 aromatic heterocycles. The lowest BCUT2D eigenvalue weighted by Crippen LogP contribution is -2.53. The zero-order valence-electron chi connectivity index (χ0n) is 79.2. The molecule has 0 bridgehead atoms. The lowest BCUT2D eigenvalue weighted by Gasteiger charge is -2.34. The number of fused-ring (bicyclic) bond motifs is 8. The molecule has 10 aromatic rings. The number of H-pyrrole nitrogens is 2. The molecule has 1 saturated carbocycles. The number of nitrogens with zero attached hydrogens (tertiary/aromatic N) is 7. The number of aliphatic carboxylic acids is 1. The Hall–Kier alpha value is -14.0. The minimum atomic E-state index is -3.31. The molecule has 8 aromatic carbocycles. The van der Waals surface area contributed by atoms with Gasteiger partial charge < -0.3 is 98.4 Å². The minimum absolute atomic E-state index is 0.00360. The molecule has 2 spiro atoms. The monoisotopic (exact) mass is 1960 g/mol. The van der Waals surface area contributed by atoms with E-state index in [-0.39, 0.29) is 64.9 Å². The number of aromatic nitrogens is 4. The van der Waals surface area contributed by atoms with Crippen LogP contribution in [-0.2, 0) is 91.2 Å². The highest BCUT2D eigenvalue weighted by atomic mass is 19.3. The molecule has 1 unspecified atom stereocenters. The average Bonchev–Trinajstić information content (AvgIpc) is 1.59. The van der Waals surface area contributed by atoms with E-state index in [4.69, 9.17) is 57.7 Å². The number of ether oxygens (including phenoxy) is 10. The quantitative estimate of drug-likeness (QED) is 0.0275. The molecule has 7 N–H and O–H groups in total. The van der Waals surface area contributed by atoms with E-state index in [0.717, 1.165) is 70.1 Å². The van der Waals surface area contributed by atoms with Crippen molar-refractivity contribution >= 4 is 70.9 Å². The number of imidazole rings is 2. The fraction of sp³-hybridized carbons (Fsp3) is 0.402. The second-order valence-electron chi connectivity index (χ2n) is 38.0. The van der Waals surface area contributed by atoms with Crippen LogP contribution >= 0.6 is 0 Å². The van der Waals surface area contributed by atoms with Crippen molar-refractivity contribution in [2.75, 3.05) is 101 Å².